The summed E-state index contributed by atoms with van der Waals surface area (Å²) >= 11 is 0. The van der Waals surface area contributed by atoms with E-state index >= 15 is 0 Å². The third-order valence-corrected chi connectivity index (χ3v) is 0.806. The predicted molar refractivity (Wildman–Crippen MR) is 39.3 cm³/mol. The zero-order valence-corrected chi connectivity index (χ0v) is 7.29. The monoisotopic (exact) mass is 201 g/mol. The largest absolute Gasteiger partial charge is 0.508 e. The number of phenols is 1. The molecule has 0 aliphatic rings. The molecule has 0 bridgehead atoms. The van der Waals surface area contributed by atoms with Crippen LogP contribution >= 0.6 is 0 Å². The minimum Gasteiger partial charge on any atom is -0.508 e. The Labute approximate surface area is 81.3 Å². The fraction of sp³-hybridized carbons (Fsp3) is 0. The summed E-state index contributed by atoms with van der Waals surface area (Å²) < 4.78 is 0. The van der Waals surface area contributed by atoms with Gasteiger partial charge < -0.3 is 5.11 Å². The Kier molecular flexibility index (Phi) is 10.4. The number of benzene rings is 1. The molecule has 4 heteroatoms. The minimum absolute atomic E-state index is 0. The number of aromatic hydroxyl groups is 1. The Morgan fingerprint density at radius 1 is 1.00 bits per heavy atom. The zero-order chi connectivity index (χ0) is 8.53. The van der Waals surface area contributed by atoms with E-state index in [0.717, 1.165) is 0 Å². The summed E-state index contributed by atoms with van der Waals surface area (Å²) in [5, 5.41) is 23.2. The summed E-state index contributed by atoms with van der Waals surface area (Å²) in [5.74, 6) is 0.322. The van der Waals surface area contributed by atoms with Gasteiger partial charge in [0, 0.05) is 17.1 Å². The average molecular weight is 201 g/mol. The van der Waals surface area contributed by atoms with Crippen molar-refractivity contribution in [1.82, 2.24) is 0 Å². The molecular weight excluding hydrogens is 195 g/mol. The minimum atomic E-state index is 0. The Balaban J connectivity index is 0. The molecule has 0 amide bonds. The molecule has 1 aromatic rings. The number of para-hydroxylation sites is 1. The molecule has 0 aromatic heterocycles. The van der Waals surface area contributed by atoms with Crippen molar-refractivity contribution < 1.29 is 22.2 Å². The van der Waals surface area contributed by atoms with Crippen LogP contribution < -0.4 is 0 Å². The van der Waals surface area contributed by atoms with E-state index in [1.807, 2.05) is 6.07 Å². The van der Waals surface area contributed by atoms with Crippen molar-refractivity contribution >= 4 is 0 Å². The van der Waals surface area contributed by atoms with Crippen molar-refractivity contribution in [3.8, 4) is 17.9 Å². The van der Waals surface area contributed by atoms with E-state index in [1.165, 1.54) is 12.1 Å². The van der Waals surface area contributed by atoms with Gasteiger partial charge in [0.25, 0.3) is 0 Å². The quantitative estimate of drug-likeness (QED) is 0.645. The molecule has 3 nitrogen and oxygen atoms in total. The van der Waals surface area contributed by atoms with Gasteiger partial charge >= 0.3 is 0 Å². The topological polar surface area (TPSA) is 67.8 Å². The van der Waals surface area contributed by atoms with Crippen LogP contribution in [0.3, 0.4) is 0 Å². The molecule has 1 radical (unpaired) electrons. The van der Waals surface area contributed by atoms with E-state index in [9.17, 15) is 0 Å². The number of nitrogens with zero attached hydrogens (tertiary/aromatic N) is 2. The third kappa shape index (κ3) is 8.52. The molecule has 0 spiro atoms. The first kappa shape index (κ1) is 13.1. The molecule has 0 saturated heterocycles. The van der Waals surface area contributed by atoms with Crippen LogP contribution in [0.1, 0.15) is 0 Å². The van der Waals surface area contributed by atoms with E-state index < -0.39 is 0 Å². The second-order valence-electron chi connectivity index (χ2n) is 1.56. The van der Waals surface area contributed by atoms with Crippen molar-refractivity contribution in [3.63, 3.8) is 0 Å². The fourth-order valence-corrected chi connectivity index (χ4v) is 0.428. The van der Waals surface area contributed by atoms with Gasteiger partial charge in [0.1, 0.15) is 5.75 Å². The maximum absolute atomic E-state index is 8.63. The molecule has 61 valence electrons. The van der Waals surface area contributed by atoms with Crippen LogP contribution in [0.25, 0.3) is 0 Å². The molecule has 0 aliphatic carbocycles. The maximum Gasteiger partial charge on any atom is 0.181 e. The molecular formula is C8H6MnN2O. The van der Waals surface area contributed by atoms with Crippen LogP contribution in [0.15, 0.2) is 30.3 Å². The number of hydrogen-bond acceptors (Lipinski definition) is 3. The molecule has 0 aliphatic heterocycles. The molecule has 12 heavy (non-hydrogen) atoms. The van der Waals surface area contributed by atoms with Gasteiger partial charge in [-0.15, -0.1) is 0 Å². The molecule has 1 aromatic carbocycles. The van der Waals surface area contributed by atoms with Gasteiger partial charge in [-0.05, 0) is 12.1 Å². The van der Waals surface area contributed by atoms with Crippen LogP contribution in [0, 0.1) is 22.7 Å². The Bertz CT molecular complexity index is 261. The molecule has 0 unspecified atom stereocenters. The summed E-state index contributed by atoms with van der Waals surface area (Å²) in [5.41, 5.74) is 0. The zero-order valence-electron chi connectivity index (χ0n) is 6.11. The van der Waals surface area contributed by atoms with Crippen molar-refractivity contribution in [1.29, 1.82) is 10.5 Å². The molecule has 1 rings (SSSR count). The van der Waals surface area contributed by atoms with Crippen molar-refractivity contribution in [2.75, 3.05) is 0 Å². The molecule has 1 N–H and O–H groups in total. The Morgan fingerprint density at radius 3 is 1.58 bits per heavy atom. The third-order valence-electron chi connectivity index (χ3n) is 0.806. The number of hydrogen-bond donors (Lipinski definition) is 1. The molecule has 0 heterocycles. The normalized spacial score (nSPS) is 5.83. The Hall–Kier alpha value is -1.48. The van der Waals surface area contributed by atoms with E-state index in [0.29, 0.717) is 5.75 Å². The van der Waals surface area contributed by atoms with Crippen LogP contribution in [-0.2, 0) is 17.1 Å². The summed E-state index contributed by atoms with van der Waals surface area (Å²) in [6.07, 6.45) is 0. The number of rotatable bonds is 0. The number of nitriles is 2. The van der Waals surface area contributed by atoms with Crippen molar-refractivity contribution in [3.05, 3.63) is 30.3 Å². The van der Waals surface area contributed by atoms with E-state index in [1.54, 1.807) is 24.3 Å². The molecule has 0 fully saturated rings. The first-order valence-electron chi connectivity index (χ1n) is 2.83. The van der Waals surface area contributed by atoms with E-state index in [2.05, 4.69) is 0 Å². The average Bonchev–Trinajstić information content (AvgIpc) is 2.07. The van der Waals surface area contributed by atoms with Gasteiger partial charge in [-0.2, -0.15) is 10.5 Å². The van der Waals surface area contributed by atoms with Crippen molar-refractivity contribution in [2.24, 2.45) is 0 Å². The summed E-state index contributed by atoms with van der Waals surface area (Å²) in [6, 6.07) is 11.2. The van der Waals surface area contributed by atoms with E-state index in [-0.39, 0.29) is 17.1 Å². The van der Waals surface area contributed by atoms with Crippen LogP contribution in [0.5, 0.6) is 5.75 Å². The Morgan fingerprint density at radius 2 is 1.42 bits per heavy atom. The fourth-order valence-electron chi connectivity index (χ4n) is 0.428. The van der Waals surface area contributed by atoms with Gasteiger partial charge in [-0.25, -0.2) is 0 Å². The van der Waals surface area contributed by atoms with Crippen molar-refractivity contribution in [2.45, 2.75) is 0 Å². The molecule has 0 saturated carbocycles. The first-order chi connectivity index (χ1) is 5.31. The number of phenolic OH excluding ortho intramolecular Hbond substituents is 1. The second-order valence-corrected chi connectivity index (χ2v) is 1.56. The van der Waals surface area contributed by atoms with Gasteiger partial charge in [-0.1, -0.05) is 18.2 Å². The maximum atomic E-state index is 8.63. The summed E-state index contributed by atoms with van der Waals surface area (Å²) in [7, 11) is 0. The predicted octanol–water partition coefficient (Wildman–Crippen LogP) is 1.42. The van der Waals surface area contributed by atoms with Gasteiger partial charge in [0.2, 0.25) is 0 Å². The SMILES string of the molecule is N#CC#N.Oc1ccccc1.[Mn]. The summed E-state index contributed by atoms with van der Waals surface area (Å²) in [6.45, 7) is 0. The van der Waals surface area contributed by atoms with Gasteiger partial charge in [-0.3, -0.25) is 0 Å². The van der Waals surface area contributed by atoms with Gasteiger partial charge in [0.15, 0.2) is 12.1 Å². The second kappa shape index (κ2) is 9.52. The van der Waals surface area contributed by atoms with Crippen LogP contribution in [-0.4, -0.2) is 5.11 Å². The van der Waals surface area contributed by atoms with Gasteiger partial charge in [0.05, 0.1) is 0 Å². The standard InChI is InChI=1S/C6H6O.C2N2.Mn/c7-6-4-2-1-3-5-6;3-1-2-4;/h1-5,7H;;. The molecule has 0 atom stereocenters. The van der Waals surface area contributed by atoms with Crippen LogP contribution in [0.4, 0.5) is 0 Å². The smallest absolute Gasteiger partial charge is 0.181 e. The van der Waals surface area contributed by atoms with Crippen LogP contribution in [0.2, 0.25) is 0 Å². The van der Waals surface area contributed by atoms with E-state index in [4.69, 9.17) is 15.6 Å². The summed E-state index contributed by atoms with van der Waals surface area (Å²) in [4.78, 5) is 0. The first-order valence-corrected chi connectivity index (χ1v) is 2.83.